The number of hydrogen-bond acceptors (Lipinski definition) is 3. The number of halogens is 2. The highest BCUT2D eigenvalue weighted by atomic mass is 79.9. The number of aryl methyl sites for hydroxylation is 2. The number of anilines is 1. The van der Waals surface area contributed by atoms with Crippen LogP contribution in [-0.4, -0.2) is 20.7 Å². The Bertz CT molecular complexity index is 586. The molecule has 1 N–H and O–H groups in total. The molecule has 1 heterocycles. The van der Waals surface area contributed by atoms with Gasteiger partial charge in [-0.15, -0.1) is 0 Å². The molecule has 1 aromatic heterocycles. The summed E-state index contributed by atoms with van der Waals surface area (Å²) in [4.78, 5) is 15.6. The van der Waals surface area contributed by atoms with E-state index in [1.54, 1.807) is 24.0 Å². The van der Waals surface area contributed by atoms with E-state index >= 15 is 0 Å². The maximum absolute atomic E-state index is 13.3. The number of rotatable bonds is 4. The highest BCUT2D eigenvalue weighted by Gasteiger charge is 2.08. The minimum absolute atomic E-state index is 0.155. The molecule has 0 fully saturated rings. The van der Waals surface area contributed by atoms with Crippen molar-refractivity contribution in [3.63, 3.8) is 0 Å². The van der Waals surface area contributed by atoms with Crippen molar-refractivity contribution in [2.24, 2.45) is 0 Å². The smallest absolute Gasteiger partial charge is 0.226 e. The Morgan fingerprint density at radius 2 is 2.32 bits per heavy atom. The van der Waals surface area contributed by atoms with Crippen molar-refractivity contribution >= 4 is 27.5 Å². The van der Waals surface area contributed by atoms with E-state index in [2.05, 4.69) is 31.3 Å². The molecule has 0 aliphatic heterocycles. The van der Waals surface area contributed by atoms with Crippen molar-refractivity contribution in [1.82, 2.24) is 14.8 Å². The molecule has 0 unspecified atom stereocenters. The first-order chi connectivity index (χ1) is 9.06. The zero-order valence-electron chi connectivity index (χ0n) is 10.2. The molecule has 2 aromatic rings. The van der Waals surface area contributed by atoms with Gasteiger partial charge in [-0.3, -0.25) is 9.48 Å². The maximum atomic E-state index is 13.3. The van der Waals surface area contributed by atoms with Crippen LogP contribution < -0.4 is 5.32 Å². The fraction of sp³-hybridized carbons (Fsp3) is 0.250. The van der Waals surface area contributed by atoms with Crippen molar-refractivity contribution in [3.8, 4) is 0 Å². The van der Waals surface area contributed by atoms with Gasteiger partial charge in [0, 0.05) is 12.1 Å². The summed E-state index contributed by atoms with van der Waals surface area (Å²) in [6, 6.07) is 2.93. The van der Waals surface area contributed by atoms with Crippen molar-refractivity contribution in [3.05, 3.63) is 40.6 Å². The third-order valence-corrected chi connectivity index (χ3v) is 3.18. The number of nitrogens with zero attached hydrogens (tertiary/aromatic N) is 3. The van der Waals surface area contributed by atoms with E-state index < -0.39 is 0 Å². The van der Waals surface area contributed by atoms with Crippen LogP contribution in [0.2, 0.25) is 0 Å². The molecule has 100 valence electrons. The maximum Gasteiger partial charge on any atom is 0.226 e. The Labute approximate surface area is 118 Å². The SMILES string of the molecule is Cc1cc(F)c(Br)cc1NC(=O)CCn1cncn1. The van der Waals surface area contributed by atoms with Gasteiger partial charge in [0.05, 0.1) is 11.0 Å². The first-order valence-corrected chi connectivity index (χ1v) is 6.43. The molecule has 0 spiro atoms. The number of hydrogen-bond donors (Lipinski definition) is 1. The minimum Gasteiger partial charge on any atom is -0.326 e. The lowest BCUT2D eigenvalue weighted by atomic mass is 10.2. The third-order valence-electron chi connectivity index (χ3n) is 2.58. The molecule has 1 aromatic carbocycles. The van der Waals surface area contributed by atoms with Gasteiger partial charge in [-0.1, -0.05) is 0 Å². The summed E-state index contributed by atoms with van der Waals surface area (Å²) in [5.41, 5.74) is 1.27. The van der Waals surface area contributed by atoms with Crippen LogP contribution in [0.25, 0.3) is 0 Å². The molecule has 0 atom stereocenters. The lowest BCUT2D eigenvalue weighted by molar-refractivity contribution is -0.116. The quantitative estimate of drug-likeness (QED) is 0.939. The number of amides is 1. The topological polar surface area (TPSA) is 59.8 Å². The summed E-state index contributed by atoms with van der Waals surface area (Å²) >= 11 is 3.09. The fourth-order valence-corrected chi connectivity index (χ4v) is 1.90. The largest absolute Gasteiger partial charge is 0.326 e. The molecule has 0 radical (unpaired) electrons. The normalized spacial score (nSPS) is 10.5. The number of aromatic nitrogens is 3. The first kappa shape index (κ1) is 13.7. The summed E-state index contributed by atoms with van der Waals surface area (Å²) in [5.74, 6) is -0.504. The summed E-state index contributed by atoms with van der Waals surface area (Å²) < 4.78 is 15.2. The summed E-state index contributed by atoms with van der Waals surface area (Å²) in [6.07, 6.45) is 3.24. The highest BCUT2D eigenvalue weighted by molar-refractivity contribution is 9.10. The van der Waals surface area contributed by atoms with Crippen molar-refractivity contribution in [2.45, 2.75) is 19.9 Å². The van der Waals surface area contributed by atoms with Gasteiger partial charge < -0.3 is 5.32 Å². The molecule has 19 heavy (non-hydrogen) atoms. The van der Waals surface area contributed by atoms with E-state index in [0.29, 0.717) is 22.3 Å². The van der Waals surface area contributed by atoms with E-state index in [9.17, 15) is 9.18 Å². The van der Waals surface area contributed by atoms with Crippen LogP contribution in [-0.2, 0) is 11.3 Å². The predicted octanol–water partition coefficient (Wildman–Crippen LogP) is 2.52. The van der Waals surface area contributed by atoms with Gasteiger partial charge >= 0.3 is 0 Å². The van der Waals surface area contributed by atoms with E-state index in [0.717, 1.165) is 0 Å². The van der Waals surface area contributed by atoms with Gasteiger partial charge in [0.15, 0.2) is 0 Å². The van der Waals surface area contributed by atoms with Crippen molar-refractivity contribution < 1.29 is 9.18 Å². The van der Waals surface area contributed by atoms with E-state index in [1.165, 1.54) is 12.4 Å². The highest BCUT2D eigenvalue weighted by Crippen LogP contribution is 2.24. The van der Waals surface area contributed by atoms with Crippen LogP contribution in [0.4, 0.5) is 10.1 Å². The molecule has 1 amide bonds. The monoisotopic (exact) mass is 326 g/mol. The first-order valence-electron chi connectivity index (χ1n) is 5.64. The number of benzene rings is 1. The number of carbonyl (C=O) groups is 1. The second-order valence-corrected chi connectivity index (χ2v) is 4.89. The summed E-state index contributed by atoms with van der Waals surface area (Å²) in [6.45, 7) is 2.19. The number of carbonyl (C=O) groups excluding carboxylic acids is 1. The van der Waals surface area contributed by atoms with E-state index in [1.807, 2.05) is 0 Å². The molecular weight excluding hydrogens is 315 g/mol. The Kier molecular flexibility index (Phi) is 4.26. The number of nitrogens with one attached hydrogen (secondary N) is 1. The Morgan fingerprint density at radius 1 is 1.53 bits per heavy atom. The second-order valence-electron chi connectivity index (χ2n) is 4.04. The van der Waals surface area contributed by atoms with Crippen LogP contribution in [0.5, 0.6) is 0 Å². The molecule has 7 heteroatoms. The van der Waals surface area contributed by atoms with Crippen molar-refractivity contribution in [1.29, 1.82) is 0 Å². The fourth-order valence-electron chi connectivity index (χ4n) is 1.56. The van der Waals surface area contributed by atoms with E-state index in [4.69, 9.17) is 0 Å². The van der Waals surface area contributed by atoms with Crippen LogP contribution >= 0.6 is 15.9 Å². The predicted molar refractivity (Wildman–Crippen MR) is 72.1 cm³/mol. The molecule has 2 rings (SSSR count). The lowest BCUT2D eigenvalue weighted by Gasteiger charge is -2.09. The van der Waals surface area contributed by atoms with E-state index in [-0.39, 0.29) is 18.1 Å². The Balaban J connectivity index is 1.97. The third kappa shape index (κ3) is 3.60. The summed E-state index contributed by atoms with van der Waals surface area (Å²) in [5, 5.41) is 6.65. The summed E-state index contributed by atoms with van der Waals surface area (Å²) in [7, 11) is 0. The Hall–Kier alpha value is -1.76. The van der Waals surface area contributed by atoms with Crippen LogP contribution in [0.3, 0.4) is 0 Å². The van der Waals surface area contributed by atoms with Gasteiger partial charge in [-0.05, 0) is 40.5 Å². The van der Waals surface area contributed by atoms with Gasteiger partial charge in [0.1, 0.15) is 18.5 Å². The standard InChI is InChI=1S/C12H12BrFN4O/c1-8-4-10(14)9(13)5-11(8)17-12(19)2-3-18-7-15-6-16-18/h4-7H,2-3H2,1H3,(H,17,19). The van der Waals surface area contributed by atoms with Gasteiger partial charge in [-0.2, -0.15) is 5.10 Å². The molecule has 0 bridgehead atoms. The average Bonchev–Trinajstić information content (AvgIpc) is 2.86. The van der Waals surface area contributed by atoms with Gasteiger partial charge in [0.2, 0.25) is 5.91 Å². The van der Waals surface area contributed by atoms with Crippen LogP contribution in [0, 0.1) is 12.7 Å². The molecular formula is C12H12BrFN4O. The van der Waals surface area contributed by atoms with Gasteiger partial charge in [0.25, 0.3) is 0 Å². The zero-order valence-corrected chi connectivity index (χ0v) is 11.8. The average molecular weight is 327 g/mol. The minimum atomic E-state index is -0.349. The van der Waals surface area contributed by atoms with Crippen molar-refractivity contribution in [2.75, 3.05) is 5.32 Å². The van der Waals surface area contributed by atoms with Crippen LogP contribution in [0.1, 0.15) is 12.0 Å². The molecule has 5 nitrogen and oxygen atoms in total. The molecule has 0 saturated carbocycles. The molecule has 0 aliphatic rings. The zero-order chi connectivity index (χ0) is 13.8. The second kappa shape index (κ2) is 5.92. The Morgan fingerprint density at radius 3 is 3.00 bits per heavy atom. The molecule has 0 saturated heterocycles. The van der Waals surface area contributed by atoms with Crippen LogP contribution in [0.15, 0.2) is 29.3 Å². The van der Waals surface area contributed by atoms with Gasteiger partial charge in [-0.25, -0.2) is 9.37 Å². The molecule has 0 aliphatic carbocycles. The lowest BCUT2D eigenvalue weighted by Crippen LogP contribution is -2.15.